The first-order valence-electron chi connectivity index (χ1n) is 6.88. The average molecular weight is 287 g/mol. The average Bonchev–Trinajstić information content (AvgIpc) is 2.18. The number of carbonyl (C=O) groups is 2. The zero-order valence-electron chi connectivity index (χ0n) is 13.7. The van der Waals surface area contributed by atoms with Gasteiger partial charge < -0.3 is 20.7 Å². The van der Waals surface area contributed by atoms with Gasteiger partial charge in [0.2, 0.25) is 5.91 Å². The SMILES string of the molecule is CC(NCCN(C(=O)OC(C)(C)C)C(C)(C)C)C(N)=O. The molecule has 2 amide bonds. The largest absolute Gasteiger partial charge is 0.444 e. The molecule has 20 heavy (non-hydrogen) atoms. The zero-order valence-corrected chi connectivity index (χ0v) is 13.7. The van der Waals surface area contributed by atoms with Gasteiger partial charge in [-0.2, -0.15) is 0 Å². The maximum atomic E-state index is 12.2. The van der Waals surface area contributed by atoms with Crippen molar-refractivity contribution in [2.75, 3.05) is 13.1 Å². The van der Waals surface area contributed by atoms with Crippen LogP contribution in [-0.4, -0.2) is 47.2 Å². The molecule has 0 aromatic rings. The Morgan fingerprint density at radius 1 is 1.20 bits per heavy atom. The highest BCUT2D eigenvalue weighted by Gasteiger charge is 2.30. The van der Waals surface area contributed by atoms with E-state index in [0.29, 0.717) is 13.1 Å². The normalized spacial score (nSPS) is 13.8. The van der Waals surface area contributed by atoms with E-state index in [4.69, 9.17) is 10.5 Å². The summed E-state index contributed by atoms with van der Waals surface area (Å²) in [6, 6.07) is -0.421. The summed E-state index contributed by atoms with van der Waals surface area (Å²) in [5.74, 6) is -0.412. The molecule has 0 aromatic heterocycles. The smallest absolute Gasteiger partial charge is 0.410 e. The topological polar surface area (TPSA) is 84.7 Å². The highest BCUT2D eigenvalue weighted by atomic mass is 16.6. The third-order valence-electron chi connectivity index (χ3n) is 2.64. The van der Waals surface area contributed by atoms with E-state index in [1.165, 1.54) is 0 Å². The van der Waals surface area contributed by atoms with Crippen molar-refractivity contribution >= 4 is 12.0 Å². The second-order valence-corrected chi connectivity index (χ2v) is 6.88. The van der Waals surface area contributed by atoms with Gasteiger partial charge in [0, 0.05) is 18.6 Å². The Balaban J connectivity index is 4.60. The fourth-order valence-electron chi connectivity index (χ4n) is 1.51. The molecule has 0 fully saturated rings. The summed E-state index contributed by atoms with van der Waals surface area (Å²) < 4.78 is 5.40. The molecule has 0 aromatic carbocycles. The lowest BCUT2D eigenvalue weighted by Gasteiger charge is -2.37. The fourth-order valence-corrected chi connectivity index (χ4v) is 1.51. The Morgan fingerprint density at radius 2 is 1.70 bits per heavy atom. The van der Waals surface area contributed by atoms with Crippen molar-refractivity contribution in [1.82, 2.24) is 10.2 Å². The van der Waals surface area contributed by atoms with Gasteiger partial charge in [0.05, 0.1) is 6.04 Å². The molecule has 0 aliphatic heterocycles. The Labute approximate surface area is 122 Å². The highest BCUT2D eigenvalue weighted by Crippen LogP contribution is 2.17. The first-order chi connectivity index (χ1) is 8.84. The van der Waals surface area contributed by atoms with Crippen LogP contribution in [0.3, 0.4) is 0 Å². The van der Waals surface area contributed by atoms with Gasteiger partial charge in [0.25, 0.3) is 0 Å². The van der Waals surface area contributed by atoms with E-state index in [2.05, 4.69) is 5.32 Å². The quantitative estimate of drug-likeness (QED) is 0.802. The molecule has 118 valence electrons. The summed E-state index contributed by atoms with van der Waals surface area (Å²) in [6.07, 6.45) is -0.362. The van der Waals surface area contributed by atoms with Crippen molar-refractivity contribution in [2.24, 2.45) is 5.73 Å². The van der Waals surface area contributed by atoms with E-state index in [-0.39, 0.29) is 11.6 Å². The summed E-state index contributed by atoms with van der Waals surface area (Å²) in [6.45, 7) is 13.9. The summed E-state index contributed by atoms with van der Waals surface area (Å²) >= 11 is 0. The molecule has 3 N–H and O–H groups in total. The number of nitrogens with one attached hydrogen (secondary N) is 1. The number of nitrogens with zero attached hydrogens (tertiary/aromatic N) is 1. The lowest BCUT2D eigenvalue weighted by atomic mass is 10.1. The van der Waals surface area contributed by atoms with E-state index >= 15 is 0 Å². The number of primary amides is 1. The molecule has 1 unspecified atom stereocenters. The van der Waals surface area contributed by atoms with Crippen molar-refractivity contribution in [3.8, 4) is 0 Å². The predicted molar refractivity (Wildman–Crippen MR) is 79.4 cm³/mol. The lowest BCUT2D eigenvalue weighted by Crippen LogP contribution is -2.51. The van der Waals surface area contributed by atoms with E-state index in [1.54, 1.807) is 11.8 Å². The third-order valence-corrected chi connectivity index (χ3v) is 2.64. The van der Waals surface area contributed by atoms with Crippen molar-refractivity contribution in [3.05, 3.63) is 0 Å². The molecule has 6 nitrogen and oxygen atoms in total. The van der Waals surface area contributed by atoms with Crippen LogP contribution in [0, 0.1) is 0 Å². The number of hydrogen-bond acceptors (Lipinski definition) is 4. The van der Waals surface area contributed by atoms with Gasteiger partial charge in [-0.3, -0.25) is 4.79 Å². The van der Waals surface area contributed by atoms with Gasteiger partial charge in [-0.25, -0.2) is 4.79 Å². The Kier molecular flexibility index (Phi) is 6.47. The molecule has 0 spiro atoms. The van der Waals surface area contributed by atoms with Crippen LogP contribution < -0.4 is 11.1 Å². The van der Waals surface area contributed by atoms with Gasteiger partial charge in [0.15, 0.2) is 0 Å². The molecule has 0 aliphatic rings. The fraction of sp³-hybridized carbons (Fsp3) is 0.857. The number of ether oxygens (including phenoxy) is 1. The molecule has 0 rings (SSSR count). The lowest BCUT2D eigenvalue weighted by molar-refractivity contribution is -0.119. The molecule has 0 radical (unpaired) electrons. The van der Waals surface area contributed by atoms with E-state index in [0.717, 1.165) is 0 Å². The van der Waals surface area contributed by atoms with Crippen LogP contribution in [-0.2, 0) is 9.53 Å². The second kappa shape index (κ2) is 6.92. The monoisotopic (exact) mass is 287 g/mol. The number of amides is 2. The van der Waals surface area contributed by atoms with Crippen molar-refractivity contribution in [2.45, 2.75) is 65.6 Å². The van der Waals surface area contributed by atoms with Gasteiger partial charge in [0.1, 0.15) is 5.60 Å². The van der Waals surface area contributed by atoms with E-state index in [9.17, 15) is 9.59 Å². The Hall–Kier alpha value is -1.30. The summed E-state index contributed by atoms with van der Waals surface area (Å²) in [4.78, 5) is 24.8. The number of rotatable bonds is 5. The molecule has 0 saturated heterocycles. The van der Waals surface area contributed by atoms with Crippen molar-refractivity contribution in [1.29, 1.82) is 0 Å². The minimum Gasteiger partial charge on any atom is -0.444 e. The summed E-state index contributed by atoms with van der Waals surface area (Å²) in [5, 5.41) is 2.98. The third kappa shape index (κ3) is 7.33. The van der Waals surface area contributed by atoms with Gasteiger partial charge >= 0.3 is 6.09 Å². The van der Waals surface area contributed by atoms with E-state index < -0.39 is 17.6 Å². The molecule has 0 aliphatic carbocycles. The molecule has 0 heterocycles. The van der Waals surface area contributed by atoms with Crippen molar-refractivity contribution in [3.63, 3.8) is 0 Å². The van der Waals surface area contributed by atoms with Crippen LogP contribution in [0.1, 0.15) is 48.5 Å². The maximum absolute atomic E-state index is 12.2. The molecule has 0 saturated carbocycles. The van der Waals surface area contributed by atoms with Gasteiger partial charge in [-0.05, 0) is 48.5 Å². The van der Waals surface area contributed by atoms with Gasteiger partial charge in [-0.1, -0.05) is 0 Å². The van der Waals surface area contributed by atoms with Crippen LogP contribution in [0.15, 0.2) is 0 Å². The first-order valence-corrected chi connectivity index (χ1v) is 6.88. The number of carbonyl (C=O) groups excluding carboxylic acids is 2. The molecule has 1 atom stereocenters. The van der Waals surface area contributed by atoms with Crippen LogP contribution >= 0.6 is 0 Å². The highest BCUT2D eigenvalue weighted by molar-refractivity contribution is 5.79. The molecule has 0 bridgehead atoms. The van der Waals surface area contributed by atoms with Crippen LogP contribution in [0.2, 0.25) is 0 Å². The number of nitrogens with two attached hydrogens (primary N) is 1. The summed E-state index contributed by atoms with van der Waals surface area (Å²) in [5.41, 5.74) is 4.28. The standard InChI is InChI=1S/C14H29N3O3/c1-10(11(15)18)16-8-9-17(13(2,3)4)12(19)20-14(5,6)7/h10,16H,8-9H2,1-7H3,(H2,15,18). The predicted octanol–water partition coefficient (Wildman–Crippen LogP) is 1.49. The van der Waals surface area contributed by atoms with Gasteiger partial charge in [-0.15, -0.1) is 0 Å². The zero-order chi connectivity index (χ0) is 16.1. The molecular formula is C14H29N3O3. The van der Waals surface area contributed by atoms with Crippen LogP contribution in [0.4, 0.5) is 4.79 Å². The van der Waals surface area contributed by atoms with E-state index in [1.807, 2.05) is 41.5 Å². The van der Waals surface area contributed by atoms with Crippen molar-refractivity contribution < 1.29 is 14.3 Å². The maximum Gasteiger partial charge on any atom is 0.410 e. The Bertz CT molecular complexity index is 343. The number of hydrogen-bond donors (Lipinski definition) is 2. The molecular weight excluding hydrogens is 258 g/mol. The first kappa shape index (κ1) is 18.7. The minimum atomic E-state index is -0.533. The van der Waals surface area contributed by atoms with Crippen LogP contribution in [0.5, 0.6) is 0 Å². The molecule has 6 heteroatoms. The minimum absolute atomic E-state index is 0.361. The summed E-state index contributed by atoms with van der Waals surface area (Å²) in [7, 11) is 0. The second-order valence-electron chi connectivity index (χ2n) is 6.88. The van der Waals surface area contributed by atoms with Crippen LogP contribution in [0.25, 0.3) is 0 Å². The Morgan fingerprint density at radius 3 is 2.05 bits per heavy atom.